The fourth-order valence-corrected chi connectivity index (χ4v) is 2.26. The summed E-state index contributed by atoms with van der Waals surface area (Å²) in [5.41, 5.74) is 0. The molecule has 4 heteroatoms. The van der Waals surface area contributed by atoms with Crippen molar-refractivity contribution in [1.82, 2.24) is 5.32 Å². The second kappa shape index (κ2) is 5.45. The van der Waals surface area contributed by atoms with Gasteiger partial charge in [0.1, 0.15) is 11.9 Å². The smallest absolute Gasteiger partial charge is 0.167 e. The predicted molar refractivity (Wildman–Crippen MR) is 62.1 cm³/mol. The van der Waals surface area contributed by atoms with Gasteiger partial charge < -0.3 is 10.1 Å². The number of hydrogen-bond donors (Lipinski definition) is 1. The molecule has 94 valence electrons. The summed E-state index contributed by atoms with van der Waals surface area (Å²) < 4.78 is 31.7. The van der Waals surface area contributed by atoms with E-state index < -0.39 is 11.6 Å². The molecular weight excluding hydrogens is 224 g/mol. The lowest BCUT2D eigenvalue weighted by Gasteiger charge is -2.29. The number of nitrogens with one attached hydrogen (secondary N) is 1. The highest BCUT2D eigenvalue weighted by molar-refractivity contribution is 5.25. The van der Waals surface area contributed by atoms with Gasteiger partial charge in [-0.05, 0) is 44.9 Å². The molecule has 0 heterocycles. The van der Waals surface area contributed by atoms with E-state index in [9.17, 15) is 8.78 Å². The Kier molecular flexibility index (Phi) is 3.94. The first kappa shape index (κ1) is 12.3. The molecule has 2 rings (SSSR count). The van der Waals surface area contributed by atoms with Gasteiger partial charge in [0.25, 0.3) is 0 Å². The van der Waals surface area contributed by atoms with Crippen LogP contribution in [-0.4, -0.2) is 19.2 Å². The Bertz CT molecular complexity index is 384. The van der Waals surface area contributed by atoms with Crippen molar-refractivity contribution < 1.29 is 13.5 Å². The molecule has 0 saturated heterocycles. The molecule has 0 aromatic heterocycles. The maximum absolute atomic E-state index is 13.4. The molecule has 2 unspecified atom stereocenters. The normalized spacial score (nSPS) is 24.6. The van der Waals surface area contributed by atoms with E-state index in [1.165, 1.54) is 12.1 Å². The van der Waals surface area contributed by atoms with Crippen molar-refractivity contribution in [3.8, 4) is 5.75 Å². The van der Waals surface area contributed by atoms with Gasteiger partial charge >= 0.3 is 0 Å². The molecule has 2 nitrogen and oxygen atoms in total. The average Bonchev–Trinajstić information content (AvgIpc) is 2.33. The Morgan fingerprint density at radius 3 is 2.82 bits per heavy atom. The summed E-state index contributed by atoms with van der Waals surface area (Å²) in [4.78, 5) is 0. The maximum Gasteiger partial charge on any atom is 0.167 e. The van der Waals surface area contributed by atoms with Gasteiger partial charge in [0.2, 0.25) is 0 Å². The standard InChI is InChI=1S/C13H17F2NO/c1-16-10-3-2-4-11(8-10)17-13-6-5-9(14)7-12(13)15/h5-7,10-11,16H,2-4,8H2,1H3. The zero-order valence-corrected chi connectivity index (χ0v) is 9.88. The Morgan fingerprint density at radius 1 is 1.29 bits per heavy atom. The minimum Gasteiger partial charge on any atom is -0.487 e. The van der Waals surface area contributed by atoms with Crippen LogP contribution in [0.2, 0.25) is 0 Å². The van der Waals surface area contributed by atoms with Crippen LogP contribution >= 0.6 is 0 Å². The first-order valence-corrected chi connectivity index (χ1v) is 5.98. The third-order valence-electron chi connectivity index (χ3n) is 3.22. The fraction of sp³-hybridized carbons (Fsp3) is 0.538. The zero-order chi connectivity index (χ0) is 12.3. The van der Waals surface area contributed by atoms with Crippen molar-refractivity contribution in [2.24, 2.45) is 0 Å². The summed E-state index contributed by atoms with van der Waals surface area (Å²) in [6, 6.07) is 3.86. The second-order valence-electron chi connectivity index (χ2n) is 4.47. The summed E-state index contributed by atoms with van der Waals surface area (Å²) in [7, 11) is 1.92. The van der Waals surface area contributed by atoms with E-state index >= 15 is 0 Å². The highest BCUT2D eigenvalue weighted by Crippen LogP contribution is 2.25. The SMILES string of the molecule is CNC1CCCC(Oc2ccc(F)cc2F)C1. The first-order valence-electron chi connectivity index (χ1n) is 5.98. The Morgan fingerprint density at radius 2 is 2.12 bits per heavy atom. The lowest BCUT2D eigenvalue weighted by Crippen LogP contribution is -2.36. The molecular formula is C13H17F2NO. The topological polar surface area (TPSA) is 21.3 Å². The number of benzene rings is 1. The highest BCUT2D eigenvalue weighted by Gasteiger charge is 2.22. The van der Waals surface area contributed by atoms with Gasteiger partial charge in [0.15, 0.2) is 11.6 Å². The van der Waals surface area contributed by atoms with E-state index in [1.807, 2.05) is 7.05 Å². The molecule has 2 atom stereocenters. The molecule has 0 bridgehead atoms. The largest absolute Gasteiger partial charge is 0.487 e. The van der Waals surface area contributed by atoms with E-state index in [-0.39, 0.29) is 11.9 Å². The molecule has 1 fully saturated rings. The molecule has 1 aliphatic carbocycles. The number of ether oxygens (including phenoxy) is 1. The summed E-state index contributed by atoms with van der Waals surface area (Å²) in [6.07, 6.45) is 4.00. The molecule has 0 radical (unpaired) electrons. The molecule has 1 saturated carbocycles. The van der Waals surface area contributed by atoms with Crippen LogP contribution in [-0.2, 0) is 0 Å². The van der Waals surface area contributed by atoms with E-state index in [2.05, 4.69) is 5.32 Å². The second-order valence-corrected chi connectivity index (χ2v) is 4.47. The Hall–Kier alpha value is -1.16. The lowest BCUT2D eigenvalue weighted by atomic mass is 9.93. The van der Waals surface area contributed by atoms with Crippen molar-refractivity contribution >= 4 is 0 Å². The average molecular weight is 241 g/mol. The van der Waals surface area contributed by atoms with Crippen LogP contribution in [0.15, 0.2) is 18.2 Å². The van der Waals surface area contributed by atoms with Crippen LogP contribution in [0.5, 0.6) is 5.75 Å². The summed E-state index contributed by atoms with van der Waals surface area (Å²) in [5.74, 6) is -1.06. The molecule has 17 heavy (non-hydrogen) atoms. The quantitative estimate of drug-likeness (QED) is 0.878. The number of hydrogen-bond acceptors (Lipinski definition) is 2. The minimum atomic E-state index is -0.628. The third-order valence-corrected chi connectivity index (χ3v) is 3.22. The zero-order valence-electron chi connectivity index (χ0n) is 9.88. The highest BCUT2D eigenvalue weighted by atomic mass is 19.1. The Labute approximate surface area is 100.0 Å². The van der Waals surface area contributed by atoms with Crippen molar-refractivity contribution in [1.29, 1.82) is 0 Å². The molecule has 0 amide bonds. The fourth-order valence-electron chi connectivity index (χ4n) is 2.26. The van der Waals surface area contributed by atoms with Gasteiger partial charge in [0, 0.05) is 12.1 Å². The van der Waals surface area contributed by atoms with Crippen LogP contribution in [0.4, 0.5) is 8.78 Å². The van der Waals surface area contributed by atoms with Crippen LogP contribution in [0, 0.1) is 11.6 Å². The Balaban J connectivity index is 2.00. The van der Waals surface area contributed by atoms with Gasteiger partial charge in [-0.25, -0.2) is 8.78 Å². The lowest BCUT2D eigenvalue weighted by molar-refractivity contribution is 0.131. The molecule has 1 aromatic carbocycles. The number of halogens is 2. The summed E-state index contributed by atoms with van der Waals surface area (Å²) in [6.45, 7) is 0. The van der Waals surface area contributed by atoms with Gasteiger partial charge in [-0.15, -0.1) is 0 Å². The molecule has 1 aromatic rings. The van der Waals surface area contributed by atoms with E-state index in [0.717, 1.165) is 31.7 Å². The van der Waals surface area contributed by atoms with E-state index in [1.54, 1.807) is 0 Å². The molecule has 1 N–H and O–H groups in total. The number of rotatable bonds is 3. The molecule has 0 aliphatic heterocycles. The summed E-state index contributed by atoms with van der Waals surface area (Å²) >= 11 is 0. The van der Waals surface area contributed by atoms with Crippen molar-refractivity contribution in [3.63, 3.8) is 0 Å². The van der Waals surface area contributed by atoms with Crippen molar-refractivity contribution in [2.45, 2.75) is 37.8 Å². The van der Waals surface area contributed by atoms with Crippen LogP contribution in [0.3, 0.4) is 0 Å². The monoisotopic (exact) mass is 241 g/mol. The van der Waals surface area contributed by atoms with Crippen LogP contribution in [0.25, 0.3) is 0 Å². The van der Waals surface area contributed by atoms with Gasteiger partial charge in [0.05, 0.1) is 0 Å². The maximum atomic E-state index is 13.4. The van der Waals surface area contributed by atoms with Gasteiger partial charge in [-0.1, -0.05) is 0 Å². The summed E-state index contributed by atoms with van der Waals surface area (Å²) in [5, 5.41) is 3.21. The molecule has 0 spiro atoms. The van der Waals surface area contributed by atoms with Gasteiger partial charge in [-0.3, -0.25) is 0 Å². The first-order chi connectivity index (χ1) is 8.19. The minimum absolute atomic E-state index is 0.0150. The van der Waals surface area contributed by atoms with Crippen molar-refractivity contribution in [3.05, 3.63) is 29.8 Å². The van der Waals surface area contributed by atoms with Crippen LogP contribution in [0.1, 0.15) is 25.7 Å². The van der Waals surface area contributed by atoms with Crippen molar-refractivity contribution in [2.75, 3.05) is 7.05 Å². The molecule has 1 aliphatic rings. The van der Waals surface area contributed by atoms with E-state index in [4.69, 9.17) is 4.74 Å². The van der Waals surface area contributed by atoms with Gasteiger partial charge in [-0.2, -0.15) is 0 Å². The van der Waals surface area contributed by atoms with Crippen LogP contribution < -0.4 is 10.1 Å². The third kappa shape index (κ3) is 3.16. The van der Waals surface area contributed by atoms with E-state index in [0.29, 0.717) is 6.04 Å². The predicted octanol–water partition coefficient (Wildman–Crippen LogP) is 2.87.